The SMILES string of the molecule is CCNc1cc(C)nc(NCCNC(=O)c2ccc(=O)oc2)n1. The van der Waals surface area contributed by atoms with Gasteiger partial charge in [-0.25, -0.2) is 9.78 Å². The van der Waals surface area contributed by atoms with Gasteiger partial charge in [-0.1, -0.05) is 0 Å². The largest absolute Gasteiger partial charge is 0.430 e. The molecule has 23 heavy (non-hydrogen) atoms. The Morgan fingerprint density at radius 3 is 2.74 bits per heavy atom. The molecule has 1 amide bonds. The summed E-state index contributed by atoms with van der Waals surface area (Å²) in [5.41, 5.74) is 0.656. The van der Waals surface area contributed by atoms with Crippen LogP contribution in [0, 0.1) is 6.92 Å². The number of nitrogens with zero attached hydrogens (tertiary/aromatic N) is 2. The zero-order valence-corrected chi connectivity index (χ0v) is 13.0. The quantitative estimate of drug-likeness (QED) is 0.654. The molecule has 0 bridgehead atoms. The number of hydrogen-bond donors (Lipinski definition) is 3. The number of nitrogens with one attached hydrogen (secondary N) is 3. The van der Waals surface area contributed by atoms with Gasteiger partial charge in [-0.3, -0.25) is 4.79 Å². The second-order valence-electron chi connectivity index (χ2n) is 4.77. The summed E-state index contributed by atoms with van der Waals surface area (Å²) in [6, 6.07) is 4.48. The van der Waals surface area contributed by atoms with Crippen LogP contribution in [0.2, 0.25) is 0 Å². The van der Waals surface area contributed by atoms with Gasteiger partial charge in [0.2, 0.25) is 5.95 Å². The summed E-state index contributed by atoms with van der Waals surface area (Å²) >= 11 is 0. The minimum absolute atomic E-state index is 0.297. The lowest BCUT2D eigenvalue weighted by atomic mass is 10.3. The molecule has 0 unspecified atom stereocenters. The minimum Gasteiger partial charge on any atom is -0.430 e. The molecule has 0 aliphatic carbocycles. The van der Waals surface area contributed by atoms with E-state index in [0.717, 1.165) is 24.3 Å². The van der Waals surface area contributed by atoms with E-state index in [0.29, 0.717) is 24.6 Å². The highest BCUT2D eigenvalue weighted by Gasteiger charge is 2.06. The highest BCUT2D eigenvalue weighted by Crippen LogP contribution is 2.08. The minimum atomic E-state index is -0.490. The van der Waals surface area contributed by atoms with E-state index >= 15 is 0 Å². The Labute approximate surface area is 133 Å². The Morgan fingerprint density at radius 1 is 1.22 bits per heavy atom. The fraction of sp³-hybridized carbons (Fsp3) is 0.333. The van der Waals surface area contributed by atoms with E-state index in [4.69, 9.17) is 0 Å². The van der Waals surface area contributed by atoms with Crippen molar-refractivity contribution in [2.24, 2.45) is 0 Å². The summed E-state index contributed by atoms with van der Waals surface area (Å²) in [4.78, 5) is 31.2. The van der Waals surface area contributed by atoms with Crippen molar-refractivity contribution in [3.8, 4) is 0 Å². The van der Waals surface area contributed by atoms with Crippen LogP contribution < -0.4 is 21.6 Å². The summed E-state index contributed by atoms with van der Waals surface area (Å²) in [7, 11) is 0. The molecule has 0 saturated heterocycles. The van der Waals surface area contributed by atoms with E-state index in [-0.39, 0.29) is 5.91 Å². The third-order valence-corrected chi connectivity index (χ3v) is 2.87. The van der Waals surface area contributed by atoms with E-state index in [1.54, 1.807) is 0 Å². The number of carbonyl (C=O) groups is 1. The maximum absolute atomic E-state index is 11.8. The third kappa shape index (κ3) is 5.10. The van der Waals surface area contributed by atoms with E-state index in [1.807, 2.05) is 19.9 Å². The van der Waals surface area contributed by atoms with Crippen LogP contribution in [-0.2, 0) is 0 Å². The number of aromatic nitrogens is 2. The summed E-state index contributed by atoms with van der Waals surface area (Å²) in [6.45, 7) is 5.51. The molecule has 2 aromatic rings. The summed E-state index contributed by atoms with van der Waals surface area (Å²) < 4.78 is 4.65. The molecule has 8 heteroatoms. The zero-order chi connectivity index (χ0) is 16.7. The van der Waals surface area contributed by atoms with Gasteiger partial charge < -0.3 is 20.4 Å². The molecule has 0 fully saturated rings. The molecule has 0 spiro atoms. The van der Waals surface area contributed by atoms with Crippen molar-refractivity contribution in [1.82, 2.24) is 15.3 Å². The molecule has 3 N–H and O–H groups in total. The first-order chi connectivity index (χ1) is 11.1. The van der Waals surface area contributed by atoms with Gasteiger partial charge >= 0.3 is 5.63 Å². The van der Waals surface area contributed by atoms with Crippen LogP contribution in [-0.4, -0.2) is 35.5 Å². The average Bonchev–Trinajstić information content (AvgIpc) is 2.52. The van der Waals surface area contributed by atoms with Gasteiger partial charge in [-0.05, 0) is 19.9 Å². The first-order valence-corrected chi connectivity index (χ1v) is 7.29. The van der Waals surface area contributed by atoms with Crippen molar-refractivity contribution in [3.05, 3.63) is 46.1 Å². The summed E-state index contributed by atoms with van der Waals surface area (Å²) in [6.07, 6.45) is 1.14. The smallest absolute Gasteiger partial charge is 0.335 e. The lowest BCUT2D eigenvalue weighted by Gasteiger charge is -2.09. The topological polar surface area (TPSA) is 109 Å². The standard InChI is InChI=1S/C15H19N5O3/c1-3-16-12-8-10(2)19-15(20-12)18-7-6-17-14(22)11-4-5-13(21)23-9-11/h4-5,8-9H,3,6-7H2,1-2H3,(H,17,22)(H2,16,18,19,20). The van der Waals surface area contributed by atoms with Gasteiger partial charge in [-0.2, -0.15) is 4.98 Å². The number of hydrogen-bond acceptors (Lipinski definition) is 7. The normalized spacial score (nSPS) is 10.2. The molecule has 0 radical (unpaired) electrons. The van der Waals surface area contributed by atoms with Gasteiger partial charge in [0.05, 0.1) is 5.56 Å². The number of amides is 1. The summed E-state index contributed by atoms with van der Waals surface area (Å²) in [5.74, 6) is 0.945. The summed E-state index contributed by atoms with van der Waals surface area (Å²) in [5, 5.41) is 8.88. The highest BCUT2D eigenvalue weighted by atomic mass is 16.4. The van der Waals surface area contributed by atoms with E-state index < -0.39 is 5.63 Å². The van der Waals surface area contributed by atoms with Crippen molar-refractivity contribution >= 4 is 17.7 Å². The molecule has 0 saturated carbocycles. The molecule has 0 aliphatic heterocycles. The van der Waals surface area contributed by atoms with E-state index in [1.165, 1.54) is 12.1 Å². The van der Waals surface area contributed by atoms with Crippen LogP contribution in [0.15, 0.2) is 33.7 Å². The number of anilines is 2. The Bertz CT molecular complexity index is 709. The van der Waals surface area contributed by atoms with Crippen LogP contribution in [0.1, 0.15) is 23.0 Å². The molecular formula is C15H19N5O3. The average molecular weight is 317 g/mol. The predicted octanol–water partition coefficient (Wildman–Crippen LogP) is 1.01. The highest BCUT2D eigenvalue weighted by molar-refractivity contribution is 5.93. The van der Waals surface area contributed by atoms with Crippen LogP contribution in [0.25, 0.3) is 0 Å². The Morgan fingerprint density at radius 2 is 2.04 bits per heavy atom. The lowest BCUT2D eigenvalue weighted by Crippen LogP contribution is -2.29. The first kappa shape index (κ1) is 16.5. The molecule has 0 aliphatic rings. The van der Waals surface area contributed by atoms with Crippen LogP contribution in [0.3, 0.4) is 0 Å². The molecule has 2 heterocycles. The second-order valence-corrected chi connectivity index (χ2v) is 4.77. The maximum Gasteiger partial charge on any atom is 0.335 e. The Hall–Kier alpha value is -2.90. The second kappa shape index (κ2) is 7.92. The van der Waals surface area contributed by atoms with Crippen molar-refractivity contribution < 1.29 is 9.21 Å². The predicted molar refractivity (Wildman–Crippen MR) is 86.7 cm³/mol. The van der Waals surface area contributed by atoms with Crippen LogP contribution in [0.5, 0.6) is 0 Å². The van der Waals surface area contributed by atoms with Gasteiger partial charge in [0.25, 0.3) is 5.91 Å². The van der Waals surface area contributed by atoms with Gasteiger partial charge in [0.1, 0.15) is 12.1 Å². The van der Waals surface area contributed by atoms with Gasteiger partial charge in [0, 0.05) is 37.5 Å². The fourth-order valence-corrected chi connectivity index (χ4v) is 1.86. The molecule has 122 valence electrons. The molecule has 2 rings (SSSR count). The first-order valence-electron chi connectivity index (χ1n) is 7.29. The van der Waals surface area contributed by atoms with Gasteiger partial charge in [0.15, 0.2) is 0 Å². The maximum atomic E-state index is 11.8. The van der Waals surface area contributed by atoms with Crippen molar-refractivity contribution in [2.75, 3.05) is 30.3 Å². The number of rotatable bonds is 7. The van der Waals surface area contributed by atoms with Gasteiger partial charge in [-0.15, -0.1) is 0 Å². The Kier molecular flexibility index (Phi) is 5.67. The van der Waals surface area contributed by atoms with Crippen LogP contribution in [0.4, 0.5) is 11.8 Å². The third-order valence-electron chi connectivity index (χ3n) is 2.87. The molecule has 2 aromatic heterocycles. The molecule has 0 aromatic carbocycles. The molecule has 8 nitrogen and oxygen atoms in total. The van der Waals surface area contributed by atoms with Crippen molar-refractivity contribution in [1.29, 1.82) is 0 Å². The molecule has 0 atom stereocenters. The van der Waals surface area contributed by atoms with Crippen LogP contribution >= 0.6 is 0 Å². The van der Waals surface area contributed by atoms with E-state index in [9.17, 15) is 9.59 Å². The fourth-order valence-electron chi connectivity index (χ4n) is 1.86. The van der Waals surface area contributed by atoms with Crippen molar-refractivity contribution in [2.45, 2.75) is 13.8 Å². The number of aryl methyl sites for hydroxylation is 1. The van der Waals surface area contributed by atoms with E-state index in [2.05, 4.69) is 30.3 Å². The molecular weight excluding hydrogens is 298 g/mol. The lowest BCUT2D eigenvalue weighted by molar-refractivity contribution is 0.0952. The Balaban J connectivity index is 1.82. The zero-order valence-electron chi connectivity index (χ0n) is 13.0. The number of carbonyl (C=O) groups excluding carboxylic acids is 1. The monoisotopic (exact) mass is 317 g/mol. The van der Waals surface area contributed by atoms with Crippen molar-refractivity contribution in [3.63, 3.8) is 0 Å².